The summed E-state index contributed by atoms with van der Waals surface area (Å²) in [7, 11) is 0. The zero-order valence-corrected chi connectivity index (χ0v) is 10.4. The number of fused-ring (bicyclic) bond motifs is 4. The maximum atomic E-state index is 11.9. The molecule has 0 amide bonds. The summed E-state index contributed by atoms with van der Waals surface area (Å²) in [6.45, 7) is 3.72. The first-order valence-corrected chi connectivity index (χ1v) is 6.57. The molecule has 0 N–H and O–H groups in total. The van der Waals surface area contributed by atoms with Crippen LogP contribution in [0.1, 0.15) is 24.5 Å². The van der Waals surface area contributed by atoms with Crippen molar-refractivity contribution in [2.75, 3.05) is 19.6 Å². The van der Waals surface area contributed by atoms with Crippen molar-refractivity contribution >= 4 is 0 Å². The number of rotatable bonds is 2. The molecule has 0 aromatic carbocycles. The molecular weight excluding hydrogens is 226 g/mol. The van der Waals surface area contributed by atoms with Crippen LogP contribution < -0.4 is 5.56 Å². The van der Waals surface area contributed by atoms with Crippen molar-refractivity contribution in [3.63, 3.8) is 0 Å². The van der Waals surface area contributed by atoms with Crippen LogP contribution in [0, 0.1) is 17.2 Å². The third-order valence-electron chi connectivity index (χ3n) is 4.10. The van der Waals surface area contributed by atoms with Crippen LogP contribution in [0.4, 0.5) is 0 Å². The lowest BCUT2D eigenvalue weighted by Gasteiger charge is -2.42. The molecule has 2 aliphatic heterocycles. The summed E-state index contributed by atoms with van der Waals surface area (Å²) in [4.78, 5) is 14.2. The standard InChI is InChI=1S/C14H17N3O/c15-5-2-6-16-8-11-7-12(10-16)13-3-1-4-14(18)17(13)9-11/h1,3-4,11-12H,2,6-10H2/t11-,12?/m1/s1. The summed E-state index contributed by atoms with van der Waals surface area (Å²) < 4.78 is 1.94. The van der Waals surface area contributed by atoms with E-state index in [0.29, 0.717) is 18.3 Å². The molecule has 2 bridgehead atoms. The predicted octanol–water partition coefficient (Wildman–Crippen LogP) is 1.18. The number of piperidine rings is 1. The zero-order chi connectivity index (χ0) is 12.5. The number of likely N-dealkylation sites (tertiary alicyclic amines) is 1. The van der Waals surface area contributed by atoms with E-state index in [2.05, 4.69) is 17.0 Å². The van der Waals surface area contributed by atoms with Crippen LogP contribution in [-0.2, 0) is 6.54 Å². The molecule has 4 heteroatoms. The topological polar surface area (TPSA) is 49.0 Å². The number of pyridine rings is 1. The molecule has 1 aromatic heterocycles. The van der Waals surface area contributed by atoms with Crippen molar-refractivity contribution in [2.45, 2.75) is 25.3 Å². The average Bonchev–Trinajstić information content (AvgIpc) is 2.38. The maximum absolute atomic E-state index is 11.9. The first-order chi connectivity index (χ1) is 8.78. The quantitative estimate of drug-likeness (QED) is 0.783. The Bertz CT molecular complexity index is 543. The van der Waals surface area contributed by atoms with Crippen LogP contribution in [0.2, 0.25) is 0 Å². The molecule has 2 aliphatic rings. The fourth-order valence-electron chi connectivity index (χ4n) is 3.39. The van der Waals surface area contributed by atoms with Gasteiger partial charge in [-0.3, -0.25) is 4.79 Å². The molecule has 4 nitrogen and oxygen atoms in total. The van der Waals surface area contributed by atoms with Crippen molar-refractivity contribution in [3.05, 3.63) is 34.2 Å². The van der Waals surface area contributed by atoms with Crippen molar-refractivity contribution in [2.24, 2.45) is 5.92 Å². The number of hydrogen-bond acceptors (Lipinski definition) is 3. The van der Waals surface area contributed by atoms with Gasteiger partial charge < -0.3 is 9.47 Å². The van der Waals surface area contributed by atoms with Gasteiger partial charge in [0.15, 0.2) is 0 Å². The third-order valence-corrected chi connectivity index (χ3v) is 4.10. The fraction of sp³-hybridized carbons (Fsp3) is 0.571. The lowest BCUT2D eigenvalue weighted by Crippen LogP contribution is -2.47. The van der Waals surface area contributed by atoms with E-state index in [1.165, 1.54) is 12.1 Å². The van der Waals surface area contributed by atoms with Gasteiger partial charge in [-0.1, -0.05) is 6.07 Å². The SMILES string of the molecule is N#CCCN1CC2C[C@H](C1)Cn1c2cccc1=O. The molecule has 3 rings (SSSR count). The van der Waals surface area contributed by atoms with Crippen molar-refractivity contribution in [1.29, 1.82) is 5.26 Å². The normalized spacial score (nSPS) is 26.4. The first kappa shape index (κ1) is 11.5. The Morgan fingerprint density at radius 3 is 3.06 bits per heavy atom. The monoisotopic (exact) mass is 243 g/mol. The van der Waals surface area contributed by atoms with E-state index in [-0.39, 0.29) is 5.56 Å². The molecular formula is C14H17N3O. The first-order valence-electron chi connectivity index (χ1n) is 6.57. The van der Waals surface area contributed by atoms with Crippen LogP contribution in [0.15, 0.2) is 23.0 Å². The van der Waals surface area contributed by atoms with Gasteiger partial charge in [-0.15, -0.1) is 0 Å². The Morgan fingerprint density at radius 1 is 1.33 bits per heavy atom. The van der Waals surface area contributed by atoms with Crippen LogP contribution >= 0.6 is 0 Å². The fourth-order valence-corrected chi connectivity index (χ4v) is 3.39. The minimum atomic E-state index is 0.132. The summed E-state index contributed by atoms with van der Waals surface area (Å²) >= 11 is 0. The van der Waals surface area contributed by atoms with Crippen LogP contribution in [0.5, 0.6) is 0 Å². The lowest BCUT2D eigenvalue weighted by molar-refractivity contribution is 0.122. The molecule has 0 spiro atoms. The molecule has 1 unspecified atom stereocenters. The Hall–Kier alpha value is -1.60. The van der Waals surface area contributed by atoms with E-state index >= 15 is 0 Å². The zero-order valence-electron chi connectivity index (χ0n) is 10.4. The van der Waals surface area contributed by atoms with E-state index in [1.807, 2.05) is 10.6 Å². The number of aromatic nitrogens is 1. The van der Waals surface area contributed by atoms with Gasteiger partial charge in [0.05, 0.1) is 6.07 Å². The van der Waals surface area contributed by atoms with Crippen LogP contribution in [0.25, 0.3) is 0 Å². The second kappa shape index (κ2) is 4.58. The minimum Gasteiger partial charge on any atom is -0.312 e. The predicted molar refractivity (Wildman–Crippen MR) is 68.2 cm³/mol. The third kappa shape index (κ3) is 1.95. The smallest absolute Gasteiger partial charge is 0.250 e. The highest BCUT2D eigenvalue weighted by Gasteiger charge is 2.33. The number of hydrogen-bond donors (Lipinski definition) is 0. The molecule has 18 heavy (non-hydrogen) atoms. The summed E-state index contributed by atoms with van der Waals surface area (Å²) in [6, 6.07) is 7.81. The molecule has 1 aromatic rings. The van der Waals surface area contributed by atoms with Gasteiger partial charge in [-0.2, -0.15) is 5.26 Å². The second-order valence-corrected chi connectivity index (χ2v) is 5.37. The van der Waals surface area contributed by atoms with Gasteiger partial charge in [-0.05, 0) is 18.4 Å². The molecule has 0 saturated carbocycles. The molecule has 3 heterocycles. The van der Waals surface area contributed by atoms with Gasteiger partial charge in [-0.25, -0.2) is 0 Å². The van der Waals surface area contributed by atoms with Gasteiger partial charge in [0.2, 0.25) is 0 Å². The van der Waals surface area contributed by atoms with E-state index in [4.69, 9.17) is 5.26 Å². The molecule has 1 fully saturated rings. The van der Waals surface area contributed by atoms with Crippen LogP contribution in [-0.4, -0.2) is 29.1 Å². The summed E-state index contributed by atoms with van der Waals surface area (Å²) in [5.41, 5.74) is 1.31. The van der Waals surface area contributed by atoms with Gasteiger partial charge >= 0.3 is 0 Å². The molecule has 0 radical (unpaired) electrons. The largest absolute Gasteiger partial charge is 0.312 e. The highest BCUT2D eigenvalue weighted by molar-refractivity contribution is 5.16. The highest BCUT2D eigenvalue weighted by Crippen LogP contribution is 2.34. The molecule has 94 valence electrons. The molecule has 1 saturated heterocycles. The van der Waals surface area contributed by atoms with Crippen molar-refractivity contribution in [3.8, 4) is 6.07 Å². The Kier molecular flexibility index (Phi) is 2.92. The van der Waals surface area contributed by atoms with E-state index in [9.17, 15) is 4.79 Å². The summed E-state index contributed by atoms with van der Waals surface area (Å²) in [5, 5.41) is 8.67. The number of nitrogens with zero attached hydrogens (tertiary/aromatic N) is 3. The Morgan fingerprint density at radius 2 is 2.22 bits per heavy atom. The van der Waals surface area contributed by atoms with E-state index in [0.717, 1.165) is 26.2 Å². The summed E-state index contributed by atoms with van der Waals surface area (Å²) in [5.74, 6) is 1.03. The Balaban J connectivity index is 1.86. The van der Waals surface area contributed by atoms with E-state index in [1.54, 1.807) is 6.07 Å². The minimum absolute atomic E-state index is 0.132. The van der Waals surface area contributed by atoms with Gasteiger partial charge in [0.1, 0.15) is 0 Å². The van der Waals surface area contributed by atoms with Gasteiger partial charge in [0, 0.05) is 50.3 Å². The van der Waals surface area contributed by atoms with E-state index < -0.39 is 0 Å². The maximum Gasteiger partial charge on any atom is 0.250 e. The van der Waals surface area contributed by atoms with Crippen molar-refractivity contribution in [1.82, 2.24) is 9.47 Å². The van der Waals surface area contributed by atoms with Crippen molar-refractivity contribution < 1.29 is 0 Å². The summed E-state index contributed by atoms with van der Waals surface area (Å²) in [6.07, 6.45) is 1.79. The second-order valence-electron chi connectivity index (χ2n) is 5.37. The van der Waals surface area contributed by atoms with Gasteiger partial charge in [0.25, 0.3) is 5.56 Å². The molecule has 2 atom stereocenters. The highest BCUT2D eigenvalue weighted by atomic mass is 16.1. The van der Waals surface area contributed by atoms with Crippen LogP contribution in [0.3, 0.4) is 0 Å². The molecule has 0 aliphatic carbocycles. The average molecular weight is 243 g/mol. The lowest BCUT2D eigenvalue weighted by atomic mass is 9.83. The number of nitriles is 1. The Labute approximate surface area is 106 Å².